The van der Waals surface area contributed by atoms with Gasteiger partial charge in [-0.3, -0.25) is 0 Å². The van der Waals surface area contributed by atoms with Crippen molar-refractivity contribution in [2.75, 3.05) is 26.4 Å². The zero-order valence-corrected chi connectivity index (χ0v) is 44.4. The smallest absolute Gasteiger partial charge is 0.187 e. The number of aliphatic hydroxyl groups is 12. The molecule has 6 aliphatic heterocycles. The molecule has 22 nitrogen and oxygen atoms in total. The average molecular weight is 1080 g/mol. The third-order valence-electron chi connectivity index (χ3n) is 20.8. The monoisotopic (exact) mass is 1070 g/mol. The van der Waals surface area contributed by atoms with Crippen LogP contribution in [0.3, 0.4) is 0 Å². The fourth-order valence-electron chi connectivity index (χ4n) is 17.1. The Morgan fingerprint density at radius 3 is 1.96 bits per heavy atom. The topological polar surface area (TPSA) is 335 Å². The van der Waals surface area contributed by atoms with Gasteiger partial charge in [-0.2, -0.15) is 0 Å². The predicted octanol–water partition coefficient (Wildman–Crippen LogP) is -1.18. The van der Waals surface area contributed by atoms with E-state index < -0.39 is 153 Å². The van der Waals surface area contributed by atoms with Crippen molar-refractivity contribution in [1.29, 1.82) is 0 Å². The second kappa shape index (κ2) is 20.4. The van der Waals surface area contributed by atoms with E-state index in [4.69, 9.17) is 47.4 Å². The number of hydrogen-bond acceptors (Lipinski definition) is 22. The van der Waals surface area contributed by atoms with Crippen molar-refractivity contribution >= 4 is 0 Å². The van der Waals surface area contributed by atoms with Crippen LogP contribution in [0.25, 0.3) is 0 Å². The van der Waals surface area contributed by atoms with E-state index in [1.54, 1.807) is 0 Å². The van der Waals surface area contributed by atoms with Crippen LogP contribution in [-0.2, 0) is 47.4 Å². The Morgan fingerprint density at radius 2 is 1.28 bits per heavy atom. The van der Waals surface area contributed by atoms with Gasteiger partial charge in [0.1, 0.15) is 85.5 Å². The molecular formula is C53H86O22. The maximum atomic E-state index is 12.3. The molecule has 4 saturated carbocycles. The van der Waals surface area contributed by atoms with E-state index in [-0.39, 0.29) is 46.7 Å². The molecular weight excluding hydrogens is 989 g/mol. The Balaban J connectivity index is 0.886. The summed E-state index contributed by atoms with van der Waals surface area (Å²) in [5, 5.41) is 131. The first-order valence-corrected chi connectivity index (χ1v) is 27.4. The van der Waals surface area contributed by atoms with Gasteiger partial charge >= 0.3 is 0 Å². The largest absolute Gasteiger partial charge is 0.394 e. The zero-order chi connectivity index (χ0) is 54.3. The van der Waals surface area contributed by atoms with Crippen molar-refractivity contribution < 1.29 is 109 Å². The van der Waals surface area contributed by atoms with Gasteiger partial charge in [0.05, 0.1) is 50.3 Å². The van der Waals surface area contributed by atoms with Crippen molar-refractivity contribution in [1.82, 2.24) is 0 Å². The molecule has 10 aliphatic rings. The highest BCUT2D eigenvalue weighted by Gasteiger charge is 2.81. The molecule has 0 radical (unpaired) electrons. The van der Waals surface area contributed by atoms with Crippen molar-refractivity contribution in [3.05, 3.63) is 11.6 Å². The average Bonchev–Trinajstić information content (AvgIpc) is 4.06. The lowest BCUT2D eigenvalue weighted by molar-refractivity contribution is -0.390. The van der Waals surface area contributed by atoms with Crippen LogP contribution in [0, 0.1) is 45.3 Å². The Hall–Kier alpha value is -1.14. The number of allylic oxidation sites excluding steroid dienone is 1. The summed E-state index contributed by atoms with van der Waals surface area (Å²) in [6, 6.07) is 0. The van der Waals surface area contributed by atoms with Gasteiger partial charge in [-0.25, -0.2) is 0 Å². The van der Waals surface area contributed by atoms with Crippen molar-refractivity contribution in [3.63, 3.8) is 0 Å². The standard InChI is InChI=1S/C53H86O22/c1-22(2)15-24-16-51(8,65)43-25-9-10-30-49(6)13-12-31(48(4,5)29(49)11-14-50(30,7)52(25)20-53(43,75-24)68-21-52)72-47-42(74-45-39(63)35(59)32(56)23(3)69-45)41(26(55)18-66-47)73-46-40(64)37(61)34(58)28(71-46)19-67-44-38(62)36(60)33(57)27(17-54)70-44/h15,23-47,54-65H,9-14,16-21H2,1-8H3/t23-,24?,25+,26-,27+,28+,29-,30?,31-,32-,33+,34+,35+,36-,37-,38+,39+,40+,41-,42+,43-,44+,45-,46-,47-,49-,50+,51-,52-,53-/m0/s1. The van der Waals surface area contributed by atoms with Crippen LogP contribution in [0.4, 0.5) is 0 Å². The molecule has 6 heterocycles. The van der Waals surface area contributed by atoms with E-state index in [1.165, 1.54) is 6.92 Å². The summed E-state index contributed by atoms with van der Waals surface area (Å²) in [6.45, 7) is 15.7. The third-order valence-corrected chi connectivity index (χ3v) is 20.8. The molecule has 0 amide bonds. The SMILES string of the molecule is CC(C)=CC1C[C@](C)(O)[C@@H]2[C@H]3CCC4[C@@]5(C)CC[C@H](O[C@@H]6OC[C@H](O)[C@H](O[C@@H]7O[C@H](CO[C@@H]8O[C@H](CO)[C@@H](O)[C@H](O)[C@H]8O)[C@@H](O)[C@H](O)[C@H]7O)[C@H]6O[C@@H]6O[C@@H](C)[C@H](O)[C@@H](O)[C@H]6O)C(C)(C)[C@@H]5CC[C@@]4(C)[C@@]34CO[C@@]2(C4)O1. The fourth-order valence-corrected chi connectivity index (χ4v) is 17.1. The van der Waals surface area contributed by atoms with Crippen LogP contribution in [0.2, 0.25) is 0 Å². The summed E-state index contributed by atoms with van der Waals surface area (Å²) < 4.78 is 62.8. The van der Waals surface area contributed by atoms with Crippen LogP contribution in [0.1, 0.15) is 107 Å². The van der Waals surface area contributed by atoms with Gasteiger partial charge < -0.3 is 109 Å². The number of aliphatic hydroxyl groups excluding tert-OH is 11. The highest BCUT2D eigenvalue weighted by atomic mass is 16.8. The molecule has 4 aliphatic carbocycles. The molecule has 22 heteroatoms. The van der Waals surface area contributed by atoms with E-state index >= 15 is 0 Å². The summed E-state index contributed by atoms with van der Waals surface area (Å²) in [7, 11) is 0. The molecule has 0 aromatic heterocycles. The minimum atomic E-state index is -1.94. The van der Waals surface area contributed by atoms with Crippen LogP contribution in [-0.4, -0.2) is 228 Å². The molecule has 6 saturated heterocycles. The molecule has 12 N–H and O–H groups in total. The maximum absolute atomic E-state index is 12.3. The molecule has 0 aromatic rings. The first kappa shape index (κ1) is 57.1. The minimum Gasteiger partial charge on any atom is -0.394 e. The zero-order valence-electron chi connectivity index (χ0n) is 44.4. The summed E-state index contributed by atoms with van der Waals surface area (Å²) >= 11 is 0. The minimum absolute atomic E-state index is 0.111. The summed E-state index contributed by atoms with van der Waals surface area (Å²) in [4.78, 5) is 0. The van der Waals surface area contributed by atoms with Gasteiger partial charge in [0.25, 0.3) is 0 Å². The van der Waals surface area contributed by atoms with Crippen LogP contribution in [0.5, 0.6) is 0 Å². The van der Waals surface area contributed by atoms with Crippen molar-refractivity contribution in [3.8, 4) is 0 Å². The normalized spacial score (nSPS) is 57.3. The van der Waals surface area contributed by atoms with E-state index in [1.807, 2.05) is 6.92 Å². The number of ether oxygens (including phenoxy) is 10. The number of fused-ring (bicyclic) bond motifs is 4. The second-order valence-electron chi connectivity index (χ2n) is 25.8. The van der Waals surface area contributed by atoms with Gasteiger partial charge in [0.15, 0.2) is 30.9 Å². The van der Waals surface area contributed by atoms with E-state index in [2.05, 4.69) is 47.6 Å². The lowest BCUT2D eigenvalue weighted by Crippen LogP contribution is -2.68. The van der Waals surface area contributed by atoms with Gasteiger partial charge in [-0.1, -0.05) is 39.3 Å². The summed E-state index contributed by atoms with van der Waals surface area (Å²) in [5.74, 6) is -0.246. The van der Waals surface area contributed by atoms with Gasteiger partial charge in [-0.05, 0) is 100 Å². The molecule has 0 aromatic carbocycles. The Labute approximate surface area is 438 Å². The first-order valence-electron chi connectivity index (χ1n) is 27.4. The molecule has 10 fully saturated rings. The van der Waals surface area contributed by atoms with Crippen LogP contribution in [0.15, 0.2) is 11.6 Å². The van der Waals surface area contributed by atoms with Gasteiger partial charge in [0, 0.05) is 24.2 Å². The maximum Gasteiger partial charge on any atom is 0.187 e. The third kappa shape index (κ3) is 9.16. The fraction of sp³-hybridized carbons (Fsp3) is 0.962. The first-order chi connectivity index (χ1) is 35.1. The molecule has 430 valence electrons. The quantitative estimate of drug-likeness (QED) is 0.0856. The van der Waals surface area contributed by atoms with Gasteiger partial charge in [0.2, 0.25) is 0 Å². The Morgan fingerprint density at radius 1 is 0.653 bits per heavy atom. The lowest BCUT2D eigenvalue weighted by Gasteiger charge is -2.70. The summed E-state index contributed by atoms with van der Waals surface area (Å²) in [6.07, 6.45) is -22.8. The van der Waals surface area contributed by atoms with Crippen LogP contribution < -0.4 is 0 Å². The van der Waals surface area contributed by atoms with Gasteiger partial charge in [-0.15, -0.1) is 0 Å². The Kier molecular flexibility index (Phi) is 15.5. The lowest BCUT2D eigenvalue weighted by atomic mass is 9.35. The van der Waals surface area contributed by atoms with Crippen molar-refractivity contribution in [2.24, 2.45) is 45.3 Å². The highest BCUT2D eigenvalue weighted by Crippen LogP contribution is 2.80. The molecule has 10 rings (SSSR count). The van der Waals surface area contributed by atoms with E-state index in [0.717, 1.165) is 44.1 Å². The van der Waals surface area contributed by atoms with E-state index in [9.17, 15) is 61.3 Å². The highest BCUT2D eigenvalue weighted by molar-refractivity contribution is 5.27. The number of rotatable bonds is 11. The van der Waals surface area contributed by atoms with Crippen LogP contribution >= 0.6 is 0 Å². The summed E-state index contributed by atoms with van der Waals surface area (Å²) in [5.41, 5.74) is -0.734. The van der Waals surface area contributed by atoms with E-state index in [0.29, 0.717) is 25.4 Å². The molecule has 30 atom stereocenters. The van der Waals surface area contributed by atoms with Crippen molar-refractivity contribution in [2.45, 2.75) is 247 Å². The molecule has 2 spiro atoms. The second-order valence-corrected chi connectivity index (χ2v) is 25.8. The molecule has 75 heavy (non-hydrogen) atoms. The Bertz CT molecular complexity index is 2060. The molecule has 2 bridgehead atoms. The molecule has 2 unspecified atom stereocenters. The number of hydrogen-bond donors (Lipinski definition) is 12. The predicted molar refractivity (Wildman–Crippen MR) is 256 cm³/mol.